The van der Waals surface area contributed by atoms with E-state index in [0.29, 0.717) is 24.5 Å². The number of aromatic nitrogens is 1. The van der Waals surface area contributed by atoms with Crippen molar-refractivity contribution < 1.29 is 9.90 Å². The van der Waals surface area contributed by atoms with Gasteiger partial charge in [-0.1, -0.05) is 11.6 Å². The SMILES string of the molecule is O=C(NCCc1c[nH]c2ccc(Cl)cc12)[C@@H]1C[C@@H](O)CN1. The fourth-order valence-corrected chi connectivity index (χ4v) is 2.89. The Labute approximate surface area is 127 Å². The van der Waals surface area contributed by atoms with E-state index in [1.165, 1.54) is 0 Å². The summed E-state index contributed by atoms with van der Waals surface area (Å²) >= 11 is 6.02. The number of hydrogen-bond donors (Lipinski definition) is 4. The second-order valence-electron chi connectivity index (χ2n) is 5.40. The van der Waals surface area contributed by atoms with E-state index < -0.39 is 6.10 Å². The average molecular weight is 308 g/mol. The Balaban J connectivity index is 1.57. The second kappa shape index (κ2) is 6.05. The zero-order valence-electron chi connectivity index (χ0n) is 11.5. The number of aliphatic hydroxyl groups is 1. The van der Waals surface area contributed by atoms with Gasteiger partial charge in [0.15, 0.2) is 0 Å². The van der Waals surface area contributed by atoms with Crippen LogP contribution in [0.4, 0.5) is 0 Å². The minimum absolute atomic E-state index is 0.0515. The van der Waals surface area contributed by atoms with Crippen LogP contribution < -0.4 is 10.6 Å². The molecular formula is C15H18ClN3O2. The Hall–Kier alpha value is -1.56. The summed E-state index contributed by atoms with van der Waals surface area (Å²) < 4.78 is 0. The Morgan fingerprint density at radius 3 is 3.10 bits per heavy atom. The van der Waals surface area contributed by atoms with Crippen molar-refractivity contribution in [2.75, 3.05) is 13.1 Å². The van der Waals surface area contributed by atoms with E-state index in [9.17, 15) is 9.90 Å². The van der Waals surface area contributed by atoms with E-state index in [4.69, 9.17) is 11.6 Å². The molecule has 0 bridgehead atoms. The molecule has 2 heterocycles. The van der Waals surface area contributed by atoms with Crippen molar-refractivity contribution in [1.29, 1.82) is 0 Å². The first-order valence-corrected chi connectivity index (χ1v) is 7.46. The number of β-amino-alcohol motifs (C(OH)–C–C–N with tert-alkyl or cyclic N) is 1. The largest absolute Gasteiger partial charge is 0.392 e. The number of nitrogens with one attached hydrogen (secondary N) is 3. The van der Waals surface area contributed by atoms with Gasteiger partial charge in [0.05, 0.1) is 12.1 Å². The number of halogens is 1. The molecule has 1 aliphatic heterocycles. The Morgan fingerprint density at radius 2 is 2.33 bits per heavy atom. The zero-order valence-corrected chi connectivity index (χ0v) is 12.3. The van der Waals surface area contributed by atoms with Gasteiger partial charge in [-0.15, -0.1) is 0 Å². The highest BCUT2D eigenvalue weighted by molar-refractivity contribution is 6.31. The lowest BCUT2D eigenvalue weighted by Crippen LogP contribution is -2.41. The molecule has 5 nitrogen and oxygen atoms in total. The van der Waals surface area contributed by atoms with Gasteiger partial charge in [0, 0.05) is 35.2 Å². The van der Waals surface area contributed by atoms with Crippen molar-refractivity contribution in [3.8, 4) is 0 Å². The van der Waals surface area contributed by atoms with Crippen LogP contribution in [0.1, 0.15) is 12.0 Å². The number of aliphatic hydroxyl groups excluding tert-OH is 1. The lowest BCUT2D eigenvalue weighted by molar-refractivity contribution is -0.122. The van der Waals surface area contributed by atoms with E-state index >= 15 is 0 Å². The van der Waals surface area contributed by atoms with E-state index in [1.54, 1.807) is 0 Å². The Morgan fingerprint density at radius 1 is 1.48 bits per heavy atom. The molecule has 2 aromatic rings. The quantitative estimate of drug-likeness (QED) is 0.685. The molecule has 0 spiro atoms. The molecule has 0 radical (unpaired) electrons. The lowest BCUT2D eigenvalue weighted by atomic mass is 10.1. The van der Waals surface area contributed by atoms with Crippen molar-refractivity contribution in [1.82, 2.24) is 15.6 Å². The summed E-state index contributed by atoms with van der Waals surface area (Å²) in [5, 5.41) is 17.1. The van der Waals surface area contributed by atoms with Crippen LogP contribution >= 0.6 is 11.6 Å². The molecule has 0 unspecified atom stereocenters. The highest BCUT2D eigenvalue weighted by atomic mass is 35.5. The van der Waals surface area contributed by atoms with Crippen LogP contribution in [0, 0.1) is 0 Å². The third-order valence-electron chi connectivity index (χ3n) is 3.85. The number of H-pyrrole nitrogens is 1. The maximum absolute atomic E-state index is 11.9. The van der Waals surface area contributed by atoms with E-state index in [-0.39, 0.29) is 11.9 Å². The molecule has 0 aliphatic carbocycles. The van der Waals surface area contributed by atoms with Gasteiger partial charge in [0.25, 0.3) is 0 Å². The summed E-state index contributed by atoms with van der Waals surface area (Å²) in [6.07, 6.45) is 2.75. The van der Waals surface area contributed by atoms with Gasteiger partial charge in [0.1, 0.15) is 0 Å². The standard InChI is InChI=1S/C15H18ClN3O2/c16-10-1-2-13-12(5-10)9(7-18-13)3-4-17-15(21)14-6-11(20)8-19-14/h1-2,5,7,11,14,18-20H,3-4,6,8H2,(H,17,21)/t11-,14+/m1/s1. The molecule has 1 aliphatic rings. The first kappa shape index (κ1) is 14.4. The van der Waals surface area contributed by atoms with Gasteiger partial charge in [-0.05, 0) is 36.6 Å². The molecule has 1 saturated heterocycles. The molecule has 4 N–H and O–H groups in total. The average Bonchev–Trinajstić information content (AvgIpc) is 3.05. The third kappa shape index (κ3) is 3.20. The molecule has 1 amide bonds. The van der Waals surface area contributed by atoms with Crippen LogP contribution in [-0.4, -0.2) is 41.2 Å². The summed E-state index contributed by atoms with van der Waals surface area (Å²) in [6.45, 7) is 1.05. The second-order valence-corrected chi connectivity index (χ2v) is 5.83. The minimum atomic E-state index is -0.420. The molecule has 21 heavy (non-hydrogen) atoms. The predicted octanol–water partition coefficient (Wildman–Crippen LogP) is 1.20. The highest BCUT2D eigenvalue weighted by Crippen LogP contribution is 2.22. The molecular weight excluding hydrogens is 290 g/mol. The monoisotopic (exact) mass is 307 g/mol. The number of hydrogen-bond acceptors (Lipinski definition) is 3. The third-order valence-corrected chi connectivity index (χ3v) is 4.08. The Bertz CT molecular complexity index is 655. The van der Waals surface area contributed by atoms with Gasteiger partial charge >= 0.3 is 0 Å². The van der Waals surface area contributed by atoms with Crippen LogP contribution in [0.25, 0.3) is 10.9 Å². The normalized spacial score (nSPS) is 21.8. The van der Waals surface area contributed by atoms with E-state index in [1.807, 2.05) is 24.4 Å². The van der Waals surface area contributed by atoms with Crippen molar-refractivity contribution >= 4 is 28.4 Å². The van der Waals surface area contributed by atoms with Crippen molar-refractivity contribution in [3.63, 3.8) is 0 Å². The fourth-order valence-electron chi connectivity index (χ4n) is 2.72. The fraction of sp³-hybridized carbons (Fsp3) is 0.400. The number of rotatable bonds is 4. The van der Waals surface area contributed by atoms with Crippen LogP contribution in [0.3, 0.4) is 0 Å². The molecule has 1 fully saturated rings. The van der Waals surface area contributed by atoms with Gasteiger partial charge in [-0.3, -0.25) is 4.79 Å². The first-order valence-electron chi connectivity index (χ1n) is 7.08. The smallest absolute Gasteiger partial charge is 0.237 e. The van der Waals surface area contributed by atoms with Crippen LogP contribution in [-0.2, 0) is 11.2 Å². The highest BCUT2D eigenvalue weighted by Gasteiger charge is 2.27. The van der Waals surface area contributed by atoms with Crippen molar-refractivity contribution in [2.45, 2.75) is 25.0 Å². The van der Waals surface area contributed by atoms with Crippen LogP contribution in [0.2, 0.25) is 5.02 Å². The van der Waals surface area contributed by atoms with Gasteiger partial charge in [-0.25, -0.2) is 0 Å². The summed E-state index contributed by atoms with van der Waals surface area (Å²) in [5.74, 6) is -0.0515. The number of aromatic amines is 1. The molecule has 1 aromatic heterocycles. The summed E-state index contributed by atoms with van der Waals surface area (Å²) in [4.78, 5) is 15.1. The molecule has 3 rings (SSSR count). The van der Waals surface area contributed by atoms with Crippen molar-refractivity contribution in [3.05, 3.63) is 35.0 Å². The predicted molar refractivity (Wildman–Crippen MR) is 82.4 cm³/mol. The minimum Gasteiger partial charge on any atom is -0.392 e. The molecule has 0 saturated carbocycles. The van der Waals surface area contributed by atoms with Crippen molar-refractivity contribution in [2.24, 2.45) is 0 Å². The molecule has 6 heteroatoms. The number of carbonyl (C=O) groups excluding carboxylic acids is 1. The zero-order chi connectivity index (χ0) is 14.8. The molecule has 2 atom stereocenters. The molecule has 112 valence electrons. The van der Waals surface area contributed by atoms with Crippen LogP contribution in [0.15, 0.2) is 24.4 Å². The lowest BCUT2D eigenvalue weighted by Gasteiger charge is -2.10. The number of benzene rings is 1. The maximum Gasteiger partial charge on any atom is 0.237 e. The van der Waals surface area contributed by atoms with E-state index in [2.05, 4.69) is 15.6 Å². The maximum atomic E-state index is 11.9. The number of carbonyl (C=O) groups is 1. The Kier molecular flexibility index (Phi) is 4.14. The number of amides is 1. The molecule has 1 aromatic carbocycles. The first-order chi connectivity index (χ1) is 10.1. The van der Waals surface area contributed by atoms with Gasteiger partial charge < -0.3 is 20.7 Å². The van der Waals surface area contributed by atoms with Gasteiger partial charge in [-0.2, -0.15) is 0 Å². The van der Waals surface area contributed by atoms with E-state index in [0.717, 1.165) is 22.9 Å². The summed E-state index contributed by atoms with van der Waals surface area (Å²) in [5.41, 5.74) is 2.17. The van der Waals surface area contributed by atoms with Crippen LogP contribution in [0.5, 0.6) is 0 Å². The summed E-state index contributed by atoms with van der Waals surface area (Å²) in [6, 6.07) is 5.45. The topological polar surface area (TPSA) is 77.2 Å². The van der Waals surface area contributed by atoms with Gasteiger partial charge in [0.2, 0.25) is 5.91 Å². The summed E-state index contributed by atoms with van der Waals surface area (Å²) in [7, 11) is 0. The number of fused-ring (bicyclic) bond motifs is 1.